The second-order valence-electron chi connectivity index (χ2n) is 6.75. The van der Waals surface area contributed by atoms with Crippen molar-refractivity contribution in [3.05, 3.63) is 71.3 Å². The van der Waals surface area contributed by atoms with Crippen LogP contribution in [0, 0.1) is 40.9 Å². The second kappa shape index (κ2) is 7.77. The average molecular weight is 326 g/mol. The van der Waals surface area contributed by atoms with Gasteiger partial charge in [-0.05, 0) is 57.7 Å². The summed E-state index contributed by atoms with van der Waals surface area (Å²) < 4.78 is 0. The summed E-state index contributed by atoms with van der Waals surface area (Å²) in [6, 6.07) is 17.0. The van der Waals surface area contributed by atoms with E-state index in [1.807, 2.05) is 75.4 Å². The molecule has 0 saturated carbocycles. The molecule has 1 N–H and O–H groups in total. The van der Waals surface area contributed by atoms with Crippen molar-refractivity contribution in [2.45, 2.75) is 33.3 Å². The molecule has 124 valence electrons. The van der Waals surface area contributed by atoms with Crippen LogP contribution < -0.4 is 0 Å². The van der Waals surface area contributed by atoms with E-state index in [2.05, 4.69) is 35.5 Å². The van der Waals surface area contributed by atoms with Crippen LogP contribution in [0.1, 0.15) is 44.4 Å². The summed E-state index contributed by atoms with van der Waals surface area (Å²) in [6.45, 7) is 7.78. The number of hydrogen-bond donors (Lipinski definition) is 1. The summed E-state index contributed by atoms with van der Waals surface area (Å²) in [5.41, 5.74) is 0.359. The Kier molecular flexibility index (Phi) is 5.72. The van der Waals surface area contributed by atoms with Crippen LogP contribution >= 0.6 is 0 Å². The Morgan fingerprint density at radius 2 is 1.40 bits per heavy atom. The lowest BCUT2D eigenvalue weighted by Gasteiger charge is -2.19. The van der Waals surface area contributed by atoms with E-state index < -0.39 is 5.60 Å². The number of rotatable bonds is 1. The fourth-order valence-electron chi connectivity index (χ4n) is 2.17. The number of benzene rings is 2. The van der Waals surface area contributed by atoms with Crippen molar-refractivity contribution < 1.29 is 5.11 Å². The van der Waals surface area contributed by atoms with E-state index in [-0.39, 0.29) is 5.41 Å². The monoisotopic (exact) mass is 326 g/mol. The van der Waals surface area contributed by atoms with Gasteiger partial charge in [0.1, 0.15) is 0 Å². The second-order valence-corrected chi connectivity index (χ2v) is 6.75. The predicted octanol–water partition coefficient (Wildman–Crippen LogP) is 4.35. The quantitative estimate of drug-likeness (QED) is 0.773. The van der Waals surface area contributed by atoms with Crippen molar-refractivity contribution in [1.82, 2.24) is 0 Å². The molecule has 0 radical (unpaired) electrons. The molecule has 0 aliphatic carbocycles. The summed E-state index contributed by atoms with van der Waals surface area (Å²) >= 11 is 0. The molecule has 1 atom stereocenters. The maximum atomic E-state index is 11.3. The zero-order valence-corrected chi connectivity index (χ0v) is 15.1. The Hall–Kier alpha value is -2.92. The van der Waals surface area contributed by atoms with Gasteiger partial charge >= 0.3 is 0 Å². The Bertz CT molecular complexity index is 913. The third-order valence-corrected chi connectivity index (χ3v) is 3.36. The molecule has 0 heterocycles. The minimum absolute atomic E-state index is 0.242. The predicted molar refractivity (Wildman–Crippen MR) is 103 cm³/mol. The molecular weight excluding hydrogens is 304 g/mol. The lowest BCUT2D eigenvalue weighted by Crippen LogP contribution is -2.23. The first-order chi connectivity index (χ1) is 11.8. The van der Waals surface area contributed by atoms with E-state index in [1.165, 1.54) is 0 Å². The van der Waals surface area contributed by atoms with Gasteiger partial charge in [0.05, 0.1) is 0 Å². The zero-order valence-electron chi connectivity index (χ0n) is 15.1. The van der Waals surface area contributed by atoms with E-state index >= 15 is 0 Å². The fourth-order valence-corrected chi connectivity index (χ4v) is 2.17. The molecule has 0 bridgehead atoms. The van der Waals surface area contributed by atoms with Crippen LogP contribution in [0.25, 0.3) is 0 Å². The number of aliphatic hydroxyl groups is 1. The zero-order chi connectivity index (χ0) is 18.3. The largest absolute Gasteiger partial charge is 0.363 e. The molecule has 0 saturated heterocycles. The molecule has 2 aromatic carbocycles. The molecule has 1 nitrogen and oxygen atoms in total. The van der Waals surface area contributed by atoms with Crippen molar-refractivity contribution >= 4 is 0 Å². The Morgan fingerprint density at radius 3 is 2.04 bits per heavy atom. The maximum Gasteiger partial charge on any atom is 0.215 e. The standard InChI is InChI=1S/C24H22O/c1-5-11-21-14-9-10-15-22(21)24(25,19-18-23(2,3)4)17-16-20-12-7-6-8-13-20/h6-10,12-15,25H,1-4H3. The van der Waals surface area contributed by atoms with Gasteiger partial charge in [-0.3, -0.25) is 0 Å². The topological polar surface area (TPSA) is 20.2 Å². The van der Waals surface area contributed by atoms with Gasteiger partial charge in [-0.15, -0.1) is 5.92 Å². The first-order valence-corrected chi connectivity index (χ1v) is 8.21. The molecule has 25 heavy (non-hydrogen) atoms. The summed E-state index contributed by atoms with van der Waals surface area (Å²) in [5, 5.41) is 11.3. The fraction of sp³-hybridized carbons (Fsp3) is 0.250. The van der Waals surface area contributed by atoms with Gasteiger partial charge in [0.25, 0.3) is 0 Å². The molecule has 0 aliphatic rings. The summed E-state index contributed by atoms with van der Waals surface area (Å²) in [6.07, 6.45) is 0. The van der Waals surface area contributed by atoms with Gasteiger partial charge in [-0.2, -0.15) is 0 Å². The van der Waals surface area contributed by atoms with E-state index in [1.54, 1.807) is 6.92 Å². The van der Waals surface area contributed by atoms with Gasteiger partial charge in [0, 0.05) is 22.1 Å². The average Bonchev–Trinajstić information content (AvgIpc) is 2.59. The Morgan fingerprint density at radius 1 is 0.760 bits per heavy atom. The Balaban J connectivity index is 2.63. The van der Waals surface area contributed by atoms with Crippen LogP contribution in [0.2, 0.25) is 0 Å². The number of hydrogen-bond acceptors (Lipinski definition) is 1. The summed E-state index contributed by atoms with van der Waals surface area (Å²) in [5.74, 6) is 18.0. The molecule has 0 aliphatic heterocycles. The third kappa shape index (κ3) is 5.29. The SMILES string of the molecule is CC#Cc1ccccc1C(O)(C#Cc1ccccc1)C#CC(C)(C)C. The first kappa shape index (κ1) is 18.4. The molecular formula is C24H22O. The van der Waals surface area contributed by atoms with Gasteiger partial charge < -0.3 is 5.11 Å². The lowest BCUT2D eigenvalue weighted by molar-refractivity contribution is 0.164. The van der Waals surface area contributed by atoms with Crippen LogP contribution in [0.5, 0.6) is 0 Å². The minimum Gasteiger partial charge on any atom is -0.363 e. The molecule has 0 spiro atoms. The minimum atomic E-state index is -1.58. The van der Waals surface area contributed by atoms with Crippen molar-refractivity contribution in [1.29, 1.82) is 0 Å². The van der Waals surface area contributed by atoms with Crippen molar-refractivity contribution in [3.8, 4) is 35.5 Å². The van der Waals surface area contributed by atoms with E-state index in [4.69, 9.17) is 0 Å². The van der Waals surface area contributed by atoms with Crippen molar-refractivity contribution in [2.24, 2.45) is 5.41 Å². The highest BCUT2D eigenvalue weighted by Gasteiger charge is 2.27. The maximum absolute atomic E-state index is 11.3. The Labute approximate surface area is 151 Å². The molecule has 2 rings (SSSR count). The van der Waals surface area contributed by atoms with E-state index in [0.717, 1.165) is 11.1 Å². The van der Waals surface area contributed by atoms with Crippen molar-refractivity contribution in [2.75, 3.05) is 0 Å². The van der Waals surface area contributed by atoms with Gasteiger partial charge in [0.2, 0.25) is 5.60 Å². The van der Waals surface area contributed by atoms with Crippen LogP contribution in [-0.2, 0) is 5.60 Å². The molecule has 0 aromatic heterocycles. The van der Waals surface area contributed by atoms with Crippen LogP contribution in [0.3, 0.4) is 0 Å². The van der Waals surface area contributed by atoms with Crippen molar-refractivity contribution in [3.63, 3.8) is 0 Å². The highest BCUT2D eigenvalue weighted by atomic mass is 16.3. The van der Waals surface area contributed by atoms with Crippen LogP contribution in [0.15, 0.2) is 54.6 Å². The molecule has 0 amide bonds. The highest BCUT2D eigenvalue weighted by molar-refractivity contribution is 5.53. The van der Waals surface area contributed by atoms with Gasteiger partial charge in [-0.1, -0.05) is 54.2 Å². The van der Waals surface area contributed by atoms with Crippen LogP contribution in [-0.4, -0.2) is 5.11 Å². The highest BCUT2D eigenvalue weighted by Crippen LogP contribution is 2.25. The smallest absolute Gasteiger partial charge is 0.215 e. The molecule has 1 unspecified atom stereocenters. The first-order valence-electron chi connectivity index (χ1n) is 8.21. The van der Waals surface area contributed by atoms with E-state index in [0.29, 0.717) is 5.56 Å². The van der Waals surface area contributed by atoms with Crippen LogP contribution in [0.4, 0.5) is 0 Å². The lowest BCUT2D eigenvalue weighted by atomic mass is 9.88. The summed E-state index contributed by atoms with van der Waals surface area (Å²) in [7, 11) is 0. The molecule has 2 aromatic rings. The van der Waals surface area contributed by atoms with E-state index in [9.17, 15) is 5.11 Å². The summed E-state index contributed by atoms with van der Waals surface area (Å²) in [4.78, 5) is 0. The molecule has 1 heteroatoms. The van der Waals surface area contributed by atoms with Gasteiger partial charge in [-0.25, -0.2) is 0 Å². The van der Waals surface area contributed by atoms with Gasteiger partial charge in [0.15, 0.2) is 0 Å². The third-order valence-electron chi connectivity index (χ3n) is 3.36. The molecule has 0 fully saturated rings. The normalized spacial score (nSPS) is 12.4.